The highest BCUT2D eigenvalue weighted by atomic mass is 16.6. The van der Waals surface area contributed by atoms with Crippen molar-refractivity contribution in [3.8, 4) is 0 Å². The molecular weight excluding hydrogens is 925 g/mol. The number of hydrogen-bond acceptors (Lipinski definition) is 6. The second-order valence-corrected chi connectivity index (χ2v) is 22.0. The van der Waals surface area contributed by atoms with Crippen LogP contribution in [-0.2, 0) is 28.6 Å². The van der Waals surface area contributed by atoms with Gasteiger partial charge in [0, 0.05) is 19.3 Å². The van der Waals surface area contributed by atoms with E-state index >= 15 is 0 Å². The van der Waals surface area contributed by atoms with Crippen LogP contribution in [0.1, 0.15) is 342 Å². The average Bonchev–Trinajstić information content (AvgIpc) is 3.41. The molecular formula is C69H124O6. The highest BCUT2D eigenvalue weighted by Gasteiger charge is 2.19. The largest absolute Gasteiger partial charge is 0.462 e. The van der Waals surface area contributed by atoms with Gasteiger partial charge in [0.05, 0.1) is 0 Å². The highest BCUT2D eigenvalue weighted by Crippen LogP contribution is 2.18. The molecule has 0 N–H and O–H groups in total. The van der Waals surface area contributed by atoms with Crippen LogP contribution in [-0.4, -0.2) is 37.2 Å². The first-order valence-electron chi connectivity index (χ1n) is 32.8. The lowest BCUT2D eigenvalue weighted by atomic mass is 10.0. The first kappa shape index (κ1) is 72.1. The van der Waals surface area contributed by atoms with Crippen molar-refractivity contribution >= 4 is 17.9 Å². The smallest absolute Gasteiger partial charge is 0.306 e. The fraction of sp³-hybridized carbons (Fsp3) is 0.812. The number of esters is 3. The molecule has 0 aliphatic carbocycles. The van der Waals surface area contributed by atoms with E-state index in [-0.39, 0.29) is 37.5 Å². The maximum atomic E-state index is 12.8. The monoisotopic (exact) mass is 1050 g/mol. The number of hydrogen-bond donors (Lipinski definition) is 0. The molecule has 0 aliphatic rings. The molecule has 1 unspecified atom stereocenters. The van der Waals surface area contributed by atoms with Gasteiger partial charge in [0.1, 0.15) is 13.2 Å². The van der Waals surface area contributed by atoms with Gasteiger partial charge in [0.15, 0.2) is 6.10 Å². The minimum Gasteiger partial charge on any atom is -0.462 e. The Bertz CT molecular complexity index is 1340. The van der Waals surface area contributed by atoms with Crippen LogP contribution in [0.4, 0.5) is 0 Å². The number of rotatable bonds is 60. The lowest BCUT2D eigenvalue weighted by Crippen LogP contribution is -2.30. The van der Waals surface area contributed by atoms with Crippen LogP contribution in [0, 0.1) is 0 Å². The van der Waals surface area contributed by atoms with Gasteiger partial charge in [-0.3, -0.25) is 14.4 Å². The third-order valence-corrected chi connectivity index (χ3v) is 14.5. The normalized spacial score (nSPS) is 12.4. The maximum Gasteiger partial charge on any atom is 0.306 e. The predicted molar refractivity (Wildman–Crippen MR) is 325 cm³/mol. The van der Waals surface area contributed by atoms with Gasteiger partial charge in [0.2, 0.25) is 0 Å². The first-order chi connectivity index (χ1) is 37.0. The van der Waals surface area contributed by atoms with Crippen molar-refractivity contribution in [1.82, 2.24) is 0 Å². The van der Waals surface area contributed by atoms with Crippen LogP contribution in [0.2, 0.25) is 0 Å². The summed E-state index contributed by atoms with van der Waals surface area (Å²) in [4.78, 5) is 38.1. The third kappa shape index (κ3) is 61.8. The van der Waals surface area contributed by atoms with E-state index in [1.807, 2.05) is 6.08 Å². The maximum absolute atomic E-state index is 12.8. The molecule has 0 spiro atoms. The van der Waals surface area contributed by atoms with E-state index in [1.54, 1.807) is 0 Å². The Kier molecular flexibility index (Phi) is 61.2. The van der Waals surface area contributed by atoms with Gasteiger partial charge in [-0.1, -0.05) is 313 Å². The lowest BCUT2D eigenvalue weighted by Gasteiger charge is -2.18. The molecule has 0 saturated carbocycles. The fourth-order valence-corrected chi connectivity index (χ4v) is 9.63. The van der Waals surface area contributed by atoms with Crippen molar-refractivity contribution in [2.45, 2.75) is 348 Å². The highest BCUT2D eigenvalue weighted by molar-refractivity contribution is 5.71. The molecule has 0 amide bonds. The summed E-state index contributed by atoms with van der Waals surface area (Å²) in [6.45, 7) is 6.48. The molecule has 0 bridgehead atoms. The van der Waals surface area contributed by atoms with Gasteiger partial charge >= 0.3 is 17.9 Å². The van der Waals surface area contributed by atoms with Gasteiger partial charge in [-0.15, -0.1) is 0 Å². The Hall–Kier alpha value is -2.89. The summed E-state index contributed by atoms with van der Waals surface area (Å²) < 4.78 is 16.8. The van der Waals surface area contributed by atoms with Crippen LogP contribution in [0.25, 0.3) is 0 Å². The zero-order valence-corrected chi connectivity index (χ0v) is 50.1. The van der Waals surface area contributed by atoms with Gasteiger partial charge in [0.25, 0.3) is 0 Å². The fourth-order valence-electron chi connectivity index (χ4n) is 9.63. The molecule has 0 aliphatic heterocycles. The quantitative estimate of drug-likeness (QED) is 0.0261. The topological polar surface area (TPSA) is 78.9 Å². The summed E-state index contributed by atoms with van der Waals surface area (Å²) in [5, 5.41) is 0. The molecule has 0 rings (SSSR count). The van der Waals surface area contributed by atoms with Crippen LogP contribution >= 0.6 is 0 Å². The van der Waals surface area contributed by atoms with E-state index in [9.17, 15) is 14.4 Å². The molecule has 0 heterocycles. The molecule has 0 fully saturated rings. The molecule has 0 aromatic heterocycles. The van der Waals surface area contributed by atoms with Gasteiger partial charge < -0.3 is 14.2 Å². The molecule has 436 valence electrons. The number of carbonyl (C=O) groups excluding carboxylic acids is 3. The van der Waals surface area contributed by atoms with E-state index in [0.717, 1.165) is 70.6 Å². The average molecular weight is 1050 g/mol. The van der Waals surface area contributed by atoms with Crippen molar-refractivity contribution in [1.29, 1.82) is 0 Å². The van der Waals surface area contributed by atoms with Crippen molar-refractivity contribution in [2.75, 3.05) is 13.2 Å². The Morgan fingerprint density at radius 2 is 0.547 bits per heavy atom. The van der Waals surface area contributed by atoms with E-state index in [0.29, 0.717) is 19.3 Å². The van der Waals surface area contributed by atoms with Crippen LogP contribution in [0.5, 0.6) is 0 Å². The second-order valence-electron chi connectivity index (χ2n) is 22.0. The van der Waals surface area contributed by atoms with Crippen molar-refractivity contribution < 1.29 is 28.6 Å². The second kappa shape index (κ2) is 63.6. The third-order valence-electron chi connectivity index (χ3n) is 14.5. The summed E-state index contributed by atoms with van der Waals surface area (Å²) in [6.07, 6.45) is 81.4. The standard InChI is InChI=1S/C69H124O6/c1-4-7-10-13-16-19-22-25-26-27-28-29-30-31-32-33-34-35-36-37-38-39-40-41-42-45-47-50-53-56-59-62-68(71)74-65-66(75-69(72)63-60-57-54-51-48-44-24-21-18-15-12-9-6-3)64-73-67(70)61-58-55-52-49-46-43-23-20-17-14-11-8-5-2/h9,12,18,20-21,23,44,48,54,57,66H,4-8,10-11,13-17,19,22,24-43,45-47,49-53,55-56,58-65H2,1-3H3/b12-9-,21-18-,23-20-,48-44-,57-54-. The van der Waals surface area contributed by atoms with Crippen molar-refractivity contribution in [2.24, 2.45) is 0 Å². The molecule has 0 saturated heterocycles. The molecule has 6 nitrogen and oxygen atoms in total. The summed E-state index contributed by atoms with van der Waals surface area (Å²) in [5.41, 5.74) is 0. The van der Waals surface area contributed by atoms with Crippen molar-refractivity contribution in [3.05, 3.63) is 60.8 Å². The summed E-state index contributed by atoms with van der Waals surface area (Å²) in [5.74, 6) is -0.980. The first-order valence-corrected chi connectivity index (χ1v) is 32.8. The molecule has 0 radical (unpaired) electrons. The molecule has 75 heavy (non-hydrogen) atoms. The Morgan fingerprint density at radius 1 is 0.280 bits per heavy atom. The van der Waals surface area contributed by atoms with Gasteiger partial charge in [-0.25, -0.2) is 0 Å². The summed E-state index contributed by atoms with van der Waals surface area (Å²) in [6, 6.07) is 0. The Labute approximate surface area is 466 Å². The van der Waals surface area contributed by atoms with E-state index in [2.05, 4.69) is 75.5 Å². The Balaban J connectivity index is 4.12. The van der Waals surface area contributed by atoms with Gasteiger partial charge in [-0.05, 0) is 70.6 Å². The van der Waals surface area contributed by atoms with Gasteiger partial charge in [-0.2, -0.15) is 0 Å². The lowest BCUT2D eigenvalue weighted by molar-refractivity contribution is -0.166. The molecule has 0 aromatic rings. The van der Waals surface area contributed by atoms with Crippen LogP contribution in [0.3, 0.4) is 0 Å². The van der Waals surface area contributed by atoms with E-state index < -0.39 is 6.10 Å². The number of allylic oxidation sites excluding steroid dienone is 10. The zero-order valence-electron chi connectivity index (χ0n) is 50.1. The summed E-state index contributed by atoms with van der Waals surface area (Å²) in [7, 11) is 0. The van der Waals surface area contributed by atoms with E-state index in [4.69, 9.17) is 14.2 Å². The minimum absolute atomic E-state index is 0.103. The van der Waals surface area contributed by atoms with Crippen LogP contribution < -0.4 is 0 Å². The molecule has 1 atom stereocenters. The van der Waals surface area contributed by atoms with Crippen molar-refractivity contribution in [3.63, 3.8) is 0 Å². The zero-order chi connectivity index (χ0) is 54.3. The molecule has 0 aromatic carbocycles. The number of unbranched alkanes of at least 4 members (excludes halogenated alkanes) is 39. The minimum atomic E-state index is -0.814. The van der Waals surface area contributed by atoms with E-state index in [1.165, 1.54) is 225 Å². The SMILES string of the molecule is CC/C=C\C/C=C\C/C=C\C/C=C\CCC(=O)OC(COC(=O)CCCCCCC/C=C\CCCCCC)COC(=O)CCCCCCCCCCCCCCCCCCCCCCCCCCCCCCCCC. The molecule has 6 heteroatoms. The number of ether oxygens (including phenoxy) is 3. The van der Waals surface area contributed by atoms with Crippen LogP contribution in [0.15, 0.2) is 60.8 Å². The predicted octanol–water partition coefficient (Wildman–Crippen LogP) is 22.3. The number of carbonyl (C=O) groups is 3. The Morgan fingerprint density at radius 3 is 0.880 bits per heavy atom. The summed E-state index contributed by atoms with van der Waals surface area (Å²) >= 11 is 0.